The minimum atomic E-state index is -4.15. The van der Waals surface area contributed by atoms with Crippen LogP contribution in [0.5, 0.6) is 0 Å². The lowest BCUT2D eigenvalue weighted by atomic mass is 9.83. The molecule has 0 spiro atoms. The molecule has 1 nitrogen and oxygen atoms in total. The van der Waals surface area contributed by atoms with E-state index < -0.39 is 18.1 Å². The van der Waals surface area contributed by atoms with Gasteiger partial charge in [-0.3, -0.25) is 0 Å². The highest BCUT2D eigenvalue weighted by Crippen LogP contribution is 2.39. The van der Waals surface area contributed by atoms with Gasteiger partial charge in [0.25, 0.3) is 0 Å². The van der Waals surface area contributed by atoms with E-state index in [4.69, 9.17) is 6.57 Å². The molecule has 0 saturated heterocycles. The molecule has 0 amide bonds. The summed E-state index contributed by atoms with van der Waals surface area (Å²) < 4.78 is 36.7. The number of rotatable bonds is 0. The molecule has 1 fully saturated rings. The summed E-state index contributed by atoms with van der Waals surface area (Å²) in [6.45, 7) is 10.3. The molecule has 2 atom stereocenters. The molecule has 1 saturated carbocycles. The van der Waals surface area contributed by atoms with E-state index in [1.54, 1.807) is 0 Å². The van der Waals surface area contributed by atoms with Crippen LogP contribution in [0.4, 0.5) is 13.2 Å². The number of hydrogen-bond donors (Lipinski definition) is 0. The molecule has 2 unspecified atom stereocenters. The molecular weight excluding hydrogens is 179 g/mol. The number of hydrogen-bond acceptors (Lipinski definition) is 0. The summed E-state index contributed by atoms with van der Waals surface area (Å²) in [6.07, 6.45) is -3.83. The first kappa shape index (κ1) is 10.1. The summed E-state index contributed by atoms with van der Waals surface area (Å²) in [5, 5.41) is 0. The third-order valence-electron chi connectivity index (χ3n) is 2.41. The summed E-state index contributed by atoms with van der Waals surface area (Å²) in [5.74, 6) is -1.31. The van der Waals surface area contributed by atoms with Gasteiger partial charge >= 0.3 is 6.18 Å². The molecule has 72 valence electrons. The number of halogens is 3. The van der Waals surface area contributed by atoms with Crippen molar-refractivity contribution in [3.05, 3.63) is 23.6 Å². The second kappa shape index (κ2) is 3.41. The zero-order valence-electron chi connectivity index (χ0n) is 7.06. The summed E-state index contributed by atoms with van der Waals surface area (Å²) in [4.78, 5) is 3.14. The lowest BCUT2D eigenvalue weighted by Crippen LogP contribution is -2.30. The van der Waals surface area contributed by atoms with Gasteiger partial charge in [0, 0.05) is 12.0 Å². The Balaban J connectivity index is 2.67. The highest BCUT2D eigenvalue weighted by atomic mass is 19.4. The van der Waals surface area contributed by atoms with Crippen molar-refractivity contribution in [2.75, 3.05) is 0 Å². The van der Waals surface area contributed by atoms with Gasteiger partial charge in [-0.1, -0.05) is 6.58 Å². The predicted molar refractivity (Wildman–Crippen MR) is 42.9 cm³/mol. The van der Waals surface area contributed by atoms with Crippen LogP contribution in [0.2, 0.25) is 0 Å². The second-order valence-electron chi connectivity index (χ2n) is 3.32. The fraction of sp³-hybridized carbons (Fsp3) is 0.667. The van der Waals surface area contributed by atoms with E-state index in [1.165, 1.54) is 0 Å². The van der Waals surface area contributed by atoms with E-state index in [0.717, 1.165) is 0 Å². The van der Waals surface area contributed by atoms with Crippen molar-refractivity contribution in [2.24, 2.45) is 5.92 Å². The van der Waals surface area contributed by atoms with E-state index >= 15 is 0 Å². The topological polar surface area (TPSA) is 4.36 Å². The standard InChI is InChI=1S/C9H10F3N/c1-6-3-4-7(9(10,11)12)5-8(6)13-2/h7-8H,1,3-5H2. The lowest BCUT2D eigenvalue weighted by Gasteiger charge is -2.26. The zero-order valence-corrected chi connectivity index (χ0v) is 7.06. The van der Waals surface area contributed by atoms with Crippen LogP contribution in [0, 0.1) is 12.5 Å². The van der Waals surface area contributed by atoms with E-state index in [-0.39, 0.29) is 12.8 Å². The van der Waals surface area contributed by atoms with Crippen molar-refractivity contribution < 1.29 is 13.2 Å². The Morgan fingerprint density at radius 3 is 2.54 bits per heavy atom. The van der Waals surface area contributed by atoms with Crippen LogP contribution in [0.3, 0.4) is 0 Å². The van der Waals surface area contributed by atoms with E-state index in [0.29, 0.717) is 12.0 Å². The van der Waals surface area contributed by atoms with Gasteiger partial charge in [-0.15, -0.1) is 0 Å². The Labute approximate surface area is 75.1 Å². The maximum atomic E-state index is 12.2. The molecule has 13 heavy (non-hydrogen) atoms. The van der Waals surface area contributed by atoms with Crippen LogP contribution in [0.15, 0.2) is 12.2 Å². The van der Waals surface area contributed by atoms with E-state index in [1.807, 2.05) is 0 Å². The molecular formula is C9H10F3N. The molecule has 4 heteroatoms. The highest BCUT2D eigenvalue weighted by molar-refractivity contribution is 5.14. The van der Waals surface area contributed by atoms with E-state index in [2.05, 4.69) is 11.4 Å². The fourth-order valence-corrected chi connectivity index (χ4v) is 1.52. The van der Waals surface area contributed by atoms with Crippen molar-refractivity contribution in [1.82, 2.24) is 0 Å². The molecule has 1 rings (SSSR count). The third-order valence-corrected chi connectivity index (χ3v) is 2.41. The van der Waals surface area contributed by atoms with Crippen LogP contribution in [-0.2, 0) is 0 Å². The van der Waals surface area contributed by atoms with Crippen LogP contribution in [0.1, 0.15) is 19.3 Å². The van der Waals surface area contributed by atoms with Crippen molar-refractivity contribution in [3.63, 3.8) is 0 Å². The molecule has 0 aliphatic heterocycles. The molecule has 0 aromatic carbocycles. The van der Waals surface area contributed by atoms with Gasteiger partial charge in [0.1, 0.15) is 0 Å². The van der Waals surface area contributed by atoms with Crippen LogP contribution >= 0.6 is 0 Å². The van der Waals surface area contributed by atoms with Gasteiger partial charge in [-0.2, -0.15) is 13.2 Å². The maximum Gasteiger partial charge on any atom is 0.392 e. The first-order chi connectivity index (χ1) is 5.95. The zero-order chi connectivity index (χ0) is 10.1. The Hall–Kier alpha value is -0.980. The van der Waals surface area contributed by atoms with Crippen molar-refractivity contribution in [3.8, 4) is 0 Å². The van der Waals surface area contributed by atoms with Gasteiger partial charge in [0.2, 0.25) is 6.04 Å². The van der Waals surface area contributed by atoms with Crippen molar-refractivity contribution in [1.29, 1.82) is 0 Å². The molecule has 0 radical (unpaired) electrons. The van der Waals surface area contributed by atoms with Gasteiger partial charge in [0.05, 0.1) is 5.92 Å². The number of alkyl halides is 3. The minimum absolute atomic E-state index is 0.0916. The molecule has 1 aliphatic rings. The summed E-state index contributed by atoms with van der Waals surface area (Å²) >= 11 is 0. The normalized spacial score (nSPS) is 29.8. The average Bonchev–Trinajstić information content (AvgIpc) is 2.03. The van der Waals surface area contributed by atoms with Gasteiger partial charge in [-0.05, 0) is 12.8 Å². The number of nitrogens with zero attached hydrogens (tertiary/aromatic N) is 1. The van der Waals surface area contributed by atoms with Crippen molar-refractivity contribution >= 4 is 0 Å². The van der Waals surface area contributed by atoms with Crippen LogP contribution < -0.4 is 0 Å². The average molecular weight is 189 g/mol. The third kappa shape index (κ3) is 2.24. The SMILES string of the molecule is [C-]#[N+]C1CC(C(F)(F)F)CCC1=C. The monoisotopic (exact) mass is 189 g/mol. The van der Waals surface area contributed by atoms with Crippen molar-refractivity contribution in [2.45, 2.75) is 31.5 Å². The van der Waals surface area contributed by atoms with Crippen LogP contribution in [-0.4, -0.2) is 12.2 Å². The molecule has 0 N–H and O–H groups in total. The summed E-state index contributed by atoms with van der Waals surface area (Å²) in [5.41, 5.74) is 0.649. The highest BCUT2D eigenvalue weighted by Gasteiger charge is 2.44. The Bertz CT molecular complexity index is 249. The first-order valence-corrected chi connectivity index (χ1v) is 4.06. The smallest absolute Gasteiger partial charge is 0.309 e. The Morgan fingerprint density at radius 2 is 2.08 bits per heavy atom. The van der Waals surface area contributed by atoms with Gasteiger partial charge in [0.15, 0.2) is 0 Å². The fourth-order valence-electron chi connectivity index (χ4n) is 1.52. The largest absolute Gasteiger partial charge is 0.392 e. The Kier molecular flexibility index (Phi) is 2.65. The summed E-state index contributed by atoms with van der Waals surface area (Å²) in [7, 11) is 0. The quantitative estimate of drug-likeness (QED) is 0.407. The molecule has 0 heterocycles. The second-order valence-corrected chi connectivity index (χ2v) is 3.32. The molecule has 0 bridgehead atoms. The molecule has 0 aromatic rings. The molecule has 0 aromatic heterocycles. The van der Waals surface area contributed by atoms with Crippen LogP contribution in [0.25, 0.3) is 4.85 Å². The van der Waals surface area contributed by atoms with Gasteiger partial charge < -0.3 is 4.85 Å². The lowest BCUT2D eigenvalue weighted by molar-refractivity contribution is -0.180. The van der Waals surface area contributed by atoms with Gasteiger partial charge in [-0.25, -0.2) is 6.57 Å². The van der Waals surface area contributed by atoms with E-state index in [9.17, 15) is 13.2 Å². The summed E-state index contributed by atoms with van der Waals surface area (Å²) in [6, 6.07) is -0.625. The maximum absolute atomic E-state index is 12.2. The first-order valence-electron chi connectivity index (χ1n) is 4.06. The molecule has 1 aliphatic carbocycles. The Morgan fingerprint density at radius 1 is 1.46 bits per heavy atom. The predicted octanol–water partition coefficient (Wildman–Crippen LogP) is 3.19. The minimum Gasteiger partial charge on any atom is -0.309 e.